The van der Waals surface area contributed by atoms with Gasteiger partial charge in [-0.1, -0.05) is 34.1 Å². The van der Waals surface area contributed by atoms with Gasteiger partial charge >= 0.3 is 0 Å². The van der Waals surface area contributed by atoms with E-state index in [1.54, 1.807) is 24.3 Å². The topological polar surface area (TPSA) is 77.8 Å². The molecule has 0 aliphatic rings. The van der Waals surface area contributed by atoms with Gasteiger partial charge in [-0.15, -0.1) is 0 Å². The highest BCUT2D eigenvalue weighted by Crippen LogP contribution is 2.19. The molecular formula is C22H17BrF2N4O. The number of aromatic nitrogens is 1. The van der Waals surface area contributed by atoms with Gasteiger partial charge in [0.1, 0.15) is 23.5 Å². The number of nitrogens with one attached hydrogen (secondary N) is 2. The molecule has 3 aromatic rings. The monoisotopic (exact) mass is 470 g/mol. The lowest BCUT2D eigenvalue weighted by atomic mass is 10.1. The Bertz CT molecular complexity index is 1100. The maximum atomic E-state index is 14.0. The number of nitriles is 1. The minimum absolute atomic E-state index is 0.119. The van der Waals surface area contributed by atoms with E-state index in [9.17, 15) is 13.6 Å². The van der Waals surface area contributed by atoms with Crippen molar-refractivity contribution in [2.75, 3.05) is 11.9 Å². The van der Waals surface area contributed by atoms with Gasteiger partial charge in [0.2, 0.25) is 0 Å². The second-order valence-corrected chi connectivity index (χ2v) is 7.37. The number of carbonyl (C=O) groups is 1. The molecule has 8 heteroatoms. The first-order valence-electron chi connectivity index (χ1n) is 9.07. The second kappa shape index (κ2) is 9.94. The van der Waals surface area contributed by atoms with Crippen molar-refractivity contribution in [3.05, 3.63) is 93.1 Å². The Hall–Kier alpha value is -3.31. The first kappa shape index (κ1) is 21.4. The van der Waals surface area contributed by atoms with Crippen molar-refractivity contribution >= 4 is 27.7 Å². The van der Waals surface area contributed by atoms with Crippen molar-refractivity contribution < 1.29 is 13.6 Å². The van der Waals surface area contributed by atoms with Crippen LogP contribution in [0.15, 0.2) is 59.2 Å². The molecule has 5 nitrogen and oxygen atoms in total. The fraction of sp³-hybridized carbons (Fsp3) is 0.136. The molecule has 0 spiro atoms. The highest BCUT2D eigenvalue weighted by Gasteiger charge is 2.14. The molecule has 1 amide bonds. The smallest absolute Gasteiger partial charge is 0.255 e. The summed E-state index contributed by atoms with van der Waals surface area (Å²) in [5.41, 5.74) is 1.71. The number of amides is 1. The van der Waals surface area contributed by atoms with E-state index in [0.29, 0.717) is 23.0 Å². The average Bonchev–Trinajstić information content (AvgIpc) is 2.74. The minimum atomic E-state index is -0.416. The number of benzene rings is 2. The van der Waals surface area contributed by atoms with Gasteiger partial charge in [-0.2, -0.15) is 5.26 Å². The summed E-state index contributed by atoms with van der Waals surface area (Å²) in [6.45, 7) is 0.440. The number of rotatable bonds is 7. The number of hydrogen-bond acceptors (Lipinski definition) is 4. The van der Waals surface area contributed by atoms with Crippen molar-refractivity contribution in [3.8, 4) is 6.07 Å². The fourth-order valence-electron chi connectivity index (χ4n) is 2.75. The van der Waals surface area contributed by atoms with Gasteiger partial charge in [-0.05, 0) is 42.3 Å². The summed E-state index contributed by atoms with van der Waals surface area (Å²) in [4.78, 5) is 16.8. The molecule has 0 radical (unpaired) electrons. The van der Waals surface area contributed by atoms with E-state index in [2.05, 4.69) is 31.5 Å². The molecule has 0 unspecified atom stereocenters. The normalized spacial score (nSPS) is 10.3. The Morgan fingerprint density at radius 1 is 1.13 bits per heavy atom. The van der Waals surface area contributed by atoms with Crippen LogP contribution in [0.1, 0.15) is 27.0 Å². The zero-order chi connectivity index (χ0) is 21.5. The summed E-state index contributed by atoms with van der Waals surface area (Å²) in [5, 5.41) is 14.9. The third-order valence-corrected chi connectivity index (χ3v) is 4.83. The molecule has 1 heterocycles. The van der Waals surface area contributed by atoms with E-state index in [1.165, 1.54) is 30.5 Å². The van der Waals surface area contributed by atoms with Crippen LogP contribution in [0, 0.1) is 23.0 Å². The Morgan fingerprint density at radius 3 is 2.60 bits per heavy atom. The standard InChI is InChI=1S/C22H17BrF2N4O/c23-17-4-3-16(20(25)10-17)13-29-21-19(9-15(11-26)12-28-21)22(30)27-8-7-14-1-5-18(24)6-2-14/h1-6,9-10,12H,7-8,13H2,(H,27,30)(H,28,29). The molecule has 1 aromatic heterocycles. The lowest BCUT2D eigenvalue weighted by Gasteiger charge is -2.12. The number of hydrogen-bond donors (Lipinski definition) is 2. The molecular weight excluding hydrogens is 454 g/mol. The van der Waals surface area contributed by atoms with Crippen molar-refractivity contribution in [1.29, 1.82) is 5.26 Å². The Morgan fingerprint density at radius 2 is 1.90 bits per heavy atom. The predicted molar refractivity (Wildman–Crippen MR) is 113 cm³/mol. The first-order chi connectivity index (χ1) is 14.5. The molecule has 0 bridgehead atoms. The van der Waals surface area contributed by atoms with Crippen LogP contribution in [-0.2, 0) is 13.0 Å². The lowest BCUT2D eigenvalue weighted by molar-refractivity contribution is 0.0954. The van der Waals surface area contributed by atoms with Gasteiger partial charge in [0.05, 0.1) is 11.1 Å². The number of carbonyl (C=O) groups excluding carboxylic acids is 1. The zero-order valence-electron chi connectivity index (χ0n) is 15.8. The molecule has 0 saturated carbocycles. The third kappa shape index (κ3) is 5.61. The summed E-state index contributed by atoms with van der Waals surface area (Å²) >= 11 is 3.21. The Labute approximate surface area is 180 Å². The largest absolute Gasteiger partial charge is 0.365 e. The number of nitrogens with zero attached hydrogens (tertiary/aromatic N) is 2. The number of halogens is 3. The summed E-state index contributed by atoms with van der Waals surface area (Å²) in [6, 6.07) is 14.1. The number of pyridine rings is 1. The van der Waals surface area contributed by atoms with Crippen LogP contribution < -0.4 is 10.6 Å². The summed E-state index contributed by atoms with van der Waals surface area (Å²) in [6.07, 6.45) is 1.86. The number of anilines is 1. The molecule has 30 heavy (non-hydrogen) atoms. The molecule has 3 rings (SSSR count). The van der Waals surface area contributed by atoms with Gasteiger partial charge in [-0.3, -0.25) is 4.79 Å². The van der Waals surface area contributed by atoms with Crippen LogP contribution in [0.2, 0.25) is 0 Å². The summed E-state index contributed by atoms with van der Waals surface area (Å²) in [5.74, 6) is -0.882. The first-order valence-corrected chi connectivity index (χ1v) is 9.86. The predicted octanol–water partition coefficient (Wildman–Crippen LogP) is 4.58. The second-order valence-electron chi connectivity index (χ2n) is 6.45. The van der Waals surface area contributed by atoms with Gasteiger partial charge in [-0.25, -0.2) is 13.8 Å². The van der Waals surface area contributed by atoms with Crippen LogP contribution in [-0.4, -0.2) is 17.4 Å². The Kier molecular flexibility index (Phi) is 7.09. The van der Waals surface area contributed by atoms with Gasteiger partial charge in [0.15, 0.2) is 0 Å². The maximum Gasteiger partial charge on any atom is 0.255 e. The molecule has 0 saturated heterocycles. The van der Waals surface area contributed by atoms with E-state index in [0.717, 1.165) is 5.56 Å². The average molecular weight is 471 g/mol. The molecule has 0 fully saturated rings. The zero-order valence-corrected chi connectivity index (χ0v) is 17.3. The van der Waals surface area contributed by atoms with Crippen LogP contribution in [0.3, 0.4) is 0 Å². The molecule has 2 N–H and O–H groups in total. The van der Waals surface area contributed by atoms with Crippen molar-refractivity contribution in [1.82, 2.24) is 10.3 Å². The van der Waals surface area contributed by atoms with E-state index in [4.69, 9.17) is 5.26 Å². The Balaban J connectivity index is 1.69. The van der Waals surface area contributed by atoms with Crippen molar-refractivity contribution in [2.45, 2.75) is 13.0 Å². The fourth-order valence-corrected chi connectivity index (χ4v) is 3.08. The van der Waals surface area contributed by atoms with Gasteiger partial charge < -0.3 is 10.6 Å². The third-order valence-electron chi connectivity index (χ3n) is 4.34. The van der Waals surface area contributed by atoms with E-state index < -0.39 is 11.7 Å². The molecule has 0 aliphatic carbocycles. The molecule has 0 aliphatic heterocycles. The van der Waals surface area contributed by atoms with Crippen LogP contribution in [0.5, 0.6) is 0 Å². The molecule has 2 aromatic carbocycles. The van der Waals surface area contributed by atoms with Crippen LogP contribution in [0.4, 0.5) is 14.6 Å². The highest BCUT2D eigenvalue weighted by molar-refractivity contribution is 9.10. The SMILES string of the molecule is N#Cc1cnc(NCc2ccc(Br)cc2F)c(C(=O)NCCc2ccc(F)cc2)c1. The van der Waals surface area contributed by atoms with Crippen LogP contribution >= 0.6 is 15.9 Å². The van der Waals surface area contributed by atoms with Crippen molar-refractivity contribution in [3.63, 3.8) is 0 Å². The van der Waals surface area contributed by atoms with Crippen molar-refractivity contribution in [2.24, 2.45) is 0 Å². The quantitative estimate of drug-likeness (QED) is 0.529. The summed E-state index contributed by atoms with van der Waals surface area (Å²) < 4.78 is 27.7. The highest BCUT2D eigenvalue weighted by atomic mass is 79.9. The van der Waals surface area contributed by atoms with Gasteiger partial charge in [0, 0.05) is 29.3 Å². The van der Waals surface area contributed by atoms with E-state index in [-0.39, 0.29) is 29.3 Å². The molecule has 0 atom stereocenters. The summed E-state index contributed by atoms with van der Waals surface area (Å²) in [7, 11) is 0. The van der Waals surface area contributed by atoms with E-state index >= 15 is 0 Å². The molecule has 152 valence electrons. The van der Waals surface area contributed by atoms with Crippen LogP contribution in [0.25, 0.3) is 0 Å². The lowest BCUT2D eigenvalue weighted by Crippen LogP contribution is -2.27. The maximum absolute atomic E-state index is 14.0. The minimum Gasteiger partial charge on any atom is -0.365 e. The van der Waals surface area contributed by atoms with Gasteiger partial charge in [0.25, 0.3) is 5.91 Å². The van der Waals surface area contributed by atoms with E-state index in [1.807, 2.05) is 6.07 Å².